The van der Waals surface area contributed by atoms with Crippen molar-refractivity contribution < 1.29 is 24.2 Å². The first-order valence-corrected chi connectivity index (χ1v) is 8.86. The molecule has 1 aliphatic rings. The molecule has 0 aliphatic carbocycles. The first-order chi connectivity index (χ1) is 13.0. The van der Waals surface area contributed by atoms with E-state index < -0.39 is 24.0 Å². The van der Waals surface area contributed by atoms with Gasteiger partial charge in [0.05, 0.1) is 19.1 Å². The molecule has 1 amide bonds. The van der Waals surface area contributed by atoms with Gasteiger partial charge in [0, 0.05) is 6.54 Å². The molecule has 0 spiro atoms. The molecule has 2 aromatic carbocycles. The average molecular weight is 369 g/mol. The molecule has 6 nitrogen and oxygen atoms in total. The number of aliphatic carboxylic acids is 1. The number of rotatable bonds is 5. The standard InChI is InChI=1S/C21H23NO5/c1-14-8-9-16(12-18(14)26-2)19-17(20(23)24)10-11-22(19)21(25)27-13-15-6-4-3-5-7-15/h3-9,12,17,19H,10-11,13H2,1-2H3,(H,23,24). The van der Waals surface area contributed by atoms with Gasteiger partial charge in [-0.05, 0) is 36.1 Å². The Hall–Kier alpha value is -3.02. The van der Waals surface area contributed by atoms with Crippen LogP contribution in [-0.2, 0) is 16.1 Å². The largest absolute Gasteiger partial charge is 0.496 e. The highest BCUT2D eigenvalue weighted by molar-refractivity contribution is 5.76. The summed E-state index contributed by atoms with van der Waals surface area (Å²) in [4.78, 5) is 25.9. The second-order valence-electron chi connectivity index (χ2n) is 6.64. The van der Waals surface area contributed by atoms with E-state index in [-0.39, 0.29) is 6.61 Å². The number of carboxylic acids is 1. The quantitative estimate of drug-likeness (QED) is 0.868. The monoisotopic (exact) mass is 369 g/mol. The van der Waals surface area contributed by atoms with Gasteiger partial charge in [-0.25, -0.2) is 4.79 Å². The van der Waals surface area contributed by atoms with Crippen LogP contribution in [-0.4, -0.2) is 35.7 Å². The number of hydrogen-bond donors (Lipinski definition) is 1. The van der Waals surface area contributed by atoms with Crippen molar-refractivity contribution in [3.63, 3.8) is 0 Å². The molecular weight excluding hydrogens is 346 g/mol. The van der Waals surface area contributed by atoms with Gasteiger partial charge in [-0.1, -0.05) is 42.5 Å². The van der Waals surface area contributed by atoms with Crippen LogP contribution in [0.2, 0.25) is 0 Å². The Labute approximate surface area is 158 Å². The summed E-state index contributed by atoms with van der Waals surface area (Å²) in [5, 5.41) is 9.62. The molecule has 27 heavy (non-hydrogen) atoms. The van der Waals surface area contributed by atoms with Gasteiger partial charge in [0.25, 0.3) is 0 Å². The fourth-order valence-corrected chi connectivity index (χ4v) is 3.49. The molecule has 1 N–H and O–H groups in total. The van der Waals surface area contributed by atoms with E-state index in [4.69, 9.17) is 9.47 Å². The SMILES string of the molecule is COc1cc(C2C(C(=O)O)CCN2C(=O)OCc2ccccc2)ccc1C. The average Bonchev–Trinajstić information content (AvgIpc) is 3.13. The number of ether oxygens (including phenoxy) is 2. The summed E-state index contributed by atoms with van der Waals surface area (Å²) in [5.41, 5.74) is 2.57. The topological polar surface area (TPSA) is 76.1 Å². The fourth-order valence-electron chi connectivity index (χ4n) is 3.49. The minimum absolute atomic E-state index is 0.151. The maximum Gasteiger partial charge on any atom is 0.410 e. The lowest BCUT2D eigenvalue weighted by molar-refractivity contribution is -0.142. The van der Waals surface area contributed by atoms with E-state index >= 15 is 0 Å². The number of nitrogens with zero attached hydrogens (tertiary/aromatic N) is 1. The molecule has 3 rings (SSSR count). The lowest BCUT2D eigenvalue weighted by Crippen LogP contribution is -2.34. The number of likely N-dealkylation sites (tertiary alicyclic amines) is 1. The van der Waals surface area contributed by atoms with E-state index in [0.717, 1.165) is 16.7 Å². The fraction of sp³-hybridized carbons (Fsp3) is 0.333. The Morgan fingerprint density at radius 3 is 2.59 bits per heavy atom. The van der Waals surface area contributed by atoms with Crippen LogP contribution < -0.4 is 4.74 Å². The van der Waals surface area contributed by atoms with E-state index in [9.17, 15) is 14.7 Å². The van der Waals surface area contributed by atoms with Crippen molar-refractivity contribution in [3.05, 3.63) is 65.2 Å². The minimum atomic E-state index is -0.919. The summed E-state index contributed by atoms with van der Waals surface area (Å²) in [6, 6.07) is 14.3. The molecule has 2 atom stereocenters. The van der Waals surface area contributed by atoms with Crippen molar-refractivity contribution >= 4 is 12.1 Å². The van der Waals surface area contributed by atoms with Gasteiger partial charge in [-0.2, -0.15) is 0 Å². The van der Waals surface area contributed by atoms with Crippen molar-refractivity contribution in [1.82, 2.24) is 4.90 Å². The van der Waals surface area contributed by atoms with Gasteiger partial charge in [-0.3, -0.25) is 4.79 Å². The molecule has 1 saturated heterocycles. The van der Waals surface area contributed by atoms with Crippen LogP contribution in [0.5, 0.6) is 5.75 Å². The summed E-state index contributed by atoms with van der Waals surface area (Å²) in [6.07, 6.45) is -0.122. The number of benzene rings is 2. The van der Waals surface area contributed by atoms with E-state index in [1.807, 2.05) is 49.4 Å². The van der Waals surface area contributed by atoms with E-state index in [2.05, 4.69) is 0 Å². The highest BCUT2D eigenvalue weighted by atomic mass is 16.6. The molecule has 2 aromatic rings. The van der Waals surface area contributed by atoms with Crippen LogP contribution in [0.4, 0.5) is 4.79 Å². The lowest BCUT2D eigenvalue weighted by Gasteiger charge is -2.27. The highest BCUT2D eigenvalue weighted by Crippen LogP contribution is 2.39. The third-order valence-electron chi connectivity index (χ3n) is 4.93. The van der Waals surface area contributed by atoms with Crippen LogP contribution >= 0.6 is 0 Å². The zero-order valence-corrected chi connectivity index (χ0v) is 15.4. The predicted molar refractivity (Wildman–Crippen MR) is 99.5 cm³/mol. The number of carboxylic acid groups (broad SMARTS) is 1. The molecule has 0 bridgehead atoms. The third-order valence-corrected chi connectivity index (χ3v) is 4.93. The summed E-state index contributed by atoms with van der Waals surface area (Å²) < 4.78 is 10.8. The smallest absolute Gasteiger partial charge is 0.410 e. The van der Waals surface area contributed by atoms with Crippen molar-refractivity contribution in [2.24, 2.45) is 5.92 Å². The maximum atomic E-state index is 12.7. The van der Waals surface area contributed by atoms with Gasteiger partial charge in [0.2, 0.25) is 0 Å². The summed E-state index contributed by atoms with van der Waals surface area (Å²) in [5.74, 6) is -0.930. The second kappa shape index (κ2) is 8.12. The Balaban J connectivity index is 1.82. The van der Waals surface area contributed by atoms with Crippen LogP contribution in [0.15, 0.2) is 48.5 Å². The molecule has 6 heteroatoms. The Morgan fingerprint density at radius 2 is 1.93 bits per heavy atom. The van der Waals surface area contributed by atoms with Gasteiger partial charge in [0.15, 0.2) is 0 Å². The molecule has 0 aromatic heterocycles. The predicted octanol–water partition coefficient (Wildman–Crippen LogP) is 3.79. The van der Waals surface area contributed by atoms with Crippen molar-refractivity contribution in [1.29, 1.82) is 0 Å². The van der Waals surface area contributed by atoms with Crippen LogP contribution in [0.3, 0.4) is 0 Å². The second-order valence-corrected chi connectivity index (χ2v) is 6.64. The van der Waals surface area contributed by atoms with E-state index in [0.29, 0.717) is 18.7 Å². The van der Waals surface area contributed by atoms with Crippen molar-refractivity contribution in [2.75, 3.05) is 13.7 Å². The molecule has 0 saturated carbocycles. The number of aryl methyl sites for hydroxylation is 1. The normalized spacial score (nSPS) is 19.0. The number of carbonyl (C=O) groups is 2. The van der Waals surface area contributed by atoms with Gasteiger partial charge in [0.1, 0.15) is 12.4 Å². The lowest BCUT2D eigenvalue weighted by atomic mass is 9.93. The zero-order valence-electron chi connectivity index (χ0n) is 15.4. The third kappa shape index (κ3) is 4.05. The van der Waals surface area contributed by atoms with Crippen molar-refractivity contribution in [3.8, 4) is 5.75 Å². The molecule has 142 valence electrons. The van der Waals surface area contributed by atoms with E-state index in [1.165, 1.54) is 4.90 Å². The summed E-state index contributed by atoms with van der Waals surface area (Å²) in [6.45, 7) is 2.40. The Morgan fingerprint density at radius 1 is 1.19 bits per heavy atom. The first-order valence-electron chi connectivity index (χ1n) is 8.86. The zero-order chi connectivity index (χ0) is 19.4. The van der Waals surface area contributed by atoms with Gasteiger partial charge < -0.3 is 19.5 Å². The first kappa shape index (κ1) is 18.8. The summed E-state index contributed by atoms with van der Waals surface area (Å²) >= 11 is 0. The Kier molecular flexibility index (Phi) is 5.64. The minimum Gasteiger partial charge on any atom is -0.496 e. The number of methoxy groups -OCH3 is 1. The van der Waals surface area contributed by atoms with Gasteiger partial charge in [-0.15, -0.1) is 0 Å². The molecule has 0 radical (unpaired) electrons. The van der Waals surface area contributed by atoms with Crippen LogP contribution in [0, 0.1) is 12.8 Å². The molecular formula is C21H23NO5. The number of hydrogen-bond acceptors (Lipinski definition) is 4. The number of carbonyl (C=O) groups excluding carboxylic acids is 1. The highest BCUT2D eigenvalue weighted by Gasteiger charge is 2.43. The Bertz CT molecular complexity index is 821. The number of amides is 1. The van der Waals surface area contributed by atoms with Crippen LogP contribution in [0.25, 0.3) is 0 Å². The van der Waals surface area contributed by atoms with Crippen molar-refractivity contribution in [2.45, 2.75) is 26.0 Å². The molecule has 2 unspecified atom stereocenters. The molecule has 1 aliphatic heterocycles. The molecule has 1 heterocycles. The van der Waals surface area contributed by atoms with Crippen LogP contribution in [0.1, 0.15) is 29.2 Å². The van der Waals surface area contributed by atoms with E-state index in [1.54, 1.807) is 13.2 Å². The summed E-state index contributed by atoms with van der Waals surface area (Å²) in [7, 11) is 1.57. The molecule has 1 fully saturated rings. The van der Waals surface area contributed by atoms with Gasteiger partial charge >= 0.3 is 12.1 Å². The maximum absolute atomic E-state index is 12.7.